The Morgan fingerprint density at radius 3 is 1.14 bits per heavy atom. The van der Waals surface area contributed by atoms with Gasteiger partial charge in [-0.3, -0.25) is 9.59 Å². The van der Waals surface area contributed by atoms with E-state index >= 15 is 0 Å². The van der Waals surface area contributed by atoms with E-state index in [-0.39, 0.29) is 124 Å². The third kappa shape index (κ3) is 51.4. The summed E-state index contributed by atoms with van der Waals surface area (Å²) in [6.07, 6.45) is -1.13. The Hall–Kier alpha value is -13.6. The highest BCUT2D eigenvalue weighted by Crippen LogP contribution is 2.27. The lowest BCUT2D eigenvalue weighted by molar-refractivity contribution is -0.124. The molecule has 10 rings (SSSR count). The molecule has 0 aliphatic carbocycles. The van der Waals surface area contributed by atoms with Crippen molar-refractivity contribution < 1.29 is 62.5 Å². The Labute approximate surface area is 820 Å². The van der Waals surface area contributed by atoms with Gasteiger partial charge in [0, 0.05) is 75.0 Å². The average Bonchev–Trinajstić information content (AvgIpc) is 0.816. The average molecular weight is 1900 g/mol. The van der Waals surface area contributed by atoms with Crippen LogP contribution in [0.3, 0.4) is 0 Å². The molecule has 14 amide bonds. The molecule has 19 N–H and O–H groups in total. The molecule has 0 aliphatic rings. The Balaban J connectivity index is 0.000000547. The lowest BCUT2D eigenvalue weighted by Crippen LogP contribution is -2.45. The van der Waals surface area contributed by atoms with E-state index in [0.29, 0.717) is 39.4 Å². The summed E-state index contributed by atoms with van der Waals surface area (Å²) in [6, 6.07) is 77.9. The molecule has 4 atom stereocenters. The maximum Gasteiger partial charge on any atom is 0.408 e. The number of fused-ring (bicyclic) bond motifs is 2. The number of rotatable bonds is 30. The first-order valence-corrected chi connectivity index (χ1v) is 46.2. The molecule has 0 saturated carbocycles. The topological polar surface area (TPSA) is 422 Å². The van der Waals surface area contributed by atoms with E-state index < -0.39 is 35.5 Å². The third-order valence-corrected chi connectivity index (χ3v) is 18.7. The molecule has 0 aromatic heterocycles. The summed E-state index contributed by atoms with van der Waals surface area (Å²) in [7, 11) is 0. The van der Waals surface area contributed by atoms with E-state index in [1.54, 1.807) is 41.5 Å². The fraction of sp³-hybridized carbons (Fsp3) is 0.404. The molecule has 10 aromatic rings. The largest absolute Gasteiger partial charge is 0.444 e. The number of hydrogen-bond donors (Lipinski definition) is 17. The van der Waals surface area contributed by atoms with Gasteiger partial charge in [-0.1, -0.05) is 264 Å². The first-order chi connectivity index (χ1) is 64.4. The Morgan fingerprint density at radius 1 is 0.341 bits per heavy atom. The van der Waals surface area contributed by atoms with E-state index in [2.05, 4.69) is 80.5 Å². The van der Waals surface area contributed by atoms with E-state index in [1.165, 1.54) is 5.56 Å². The highest BCUT2D eigenvalue weighted by Gasteiger charge is 2.29. The van der Waals surface area contributed by atoms with Crippen LogP contribution in [-0.4, -0.2) is 126 Å². The van der Waals surface area contributed by atoms with Gasteiger partial charge < -0.3 is 105 Å². The first-order valence-electron chi connectivity index (χ1n) is 46.2. The second kappa shape index (κ2) is 64.4. The number of aryl methyl sites for hydroxylation is 1. The number of hydrogen-bond acceptors (Lipinski definition) is 15. The minimum atomic E-state index is -0.830. The van der Waals surface area contributed by atoms with Crippen LogP contribution in [0.1, 0.15) is 239 Å². The van der Waals surface area contributed by atoms with E-state index in [0.717, 1.165) is 77.2 Å². The maximum absolute atomic E-state index is 12.7. The summed E-state index contributed by atoms with van der Waals surface area (Å²) >= 11 is 0. The Kier molecular flexibility index (Phi) is 56.2. The van der Waals surface area contributed by atoms with Crippen LogP contribution in [0.25, 0.3) is 21.5 Å². The molecule has 0 spiro atoms. The van der Waals surface area contributed by atoms with Gasteiger partial charge in [0.1, 0.15) is 23.3 Å². The molecule has 4 unspecified atom stereocenters. The standard InChI is InChI=1S/C20H26N2O3.C19H24N2O2.C17H27N3O3.C15H18N2O.C12H19N3O.C12H18N2O2.C12H18N2O.2CH4/c1-13(2)21-18(23)17(22-19(24)25-20(3,4)5)16-12-8-10-14-9-6-7-11-15(14)16;1-15(2)21-19(22)20-12-17-9-6-10-18(11-17)14-23-13-16-7-4-3-5-8-16;1-12(2)19-15(21)20-14(13-9-7-6-8-10-13)11-18-16(22)23-17(3,4)5;1-10(2)17-15(18)14(16)13-9-5-7-11-6-3-4-8-12(11)13;1-9(2)14-12(16)15-11(8-13)10-6-4-3-5-7-10;1-9(2)14-12(16)13-7-10-4-3-5-11(6-10)8-15;1-9(2)14-12(15)13-8-11-7-5-4-6-10(11)3;;/h6-13,17H,1-5H3,(H,21,23)(H,22,24);3-11,15H,12-14H2,1-2H3,(H2,20,21,22);6-10,12,14H,11H2,1-5H3,(H,18,22)(H2,19,20,21);3-10,14H,16H2,1-2H3,(H,17,18);3-7,9,11H,8,13H2,1-2H3,(H2,14,15,16);3-6,9,15H,7-8H2,1-2H3,(H2,13,14,16);4-7,9H,8H2,1-3H3,(H2,13,14,15);2*1H4. The second-order valence-electron chi connectivity index (χ2n) is 36.3. The number of benzene rings is 10. The van der Waals surface area contributed by atoms with Crippen LogP contribution in [-0.2, 0) is 63.3 Å². The summed E-state index contributed by atoms with van der Waals surface area (Å²) in [5.41, 5.74) is 21.5. The number of nitrogens with two attached hydrogens (primary N) is 2. The first kappa shape index (κ1) is 120. The monoisotopic (exact) mass is 1900 g/mol. The van der Waals surface area contributed by atoms with Crippen LogP contribution in [0.15, 0.2) is 249 Å². The highest BCUT2D eigenvalue weighted by atomic mass is 16.6. The van der Waals surface area contributed by atoms with Crippen LogP contribution in [0.2, 0.25) is 0 Å². The van der Waals surface area contributed by atoms with E-state index in [4.69, 9.17) is 30.8 Å². The van der Waals surface area contributed by atoms with Crippen molar-refractivity contribution in [2.45, 2.75) is 277 Å². The van der Waals surface area contributed by atoms with Crippen molar-refractivity contribution in [1.82, 2.24) is 74.4 Å². The second-order valence-corrected chi connectivity index (χ2v) is 36.3. The van der Waals surface area contributed by atoms with Crippen molar-refractivity contribution in [3.05, 3.63) is 310 Å². The van der Waals surface area contributed by atoms with Crippen LogP contribution < -0.4 is 85.9 Å². The molecule has 0 fully saturated rings. The number of aliphatic hydroxyl groups excluding tert-OH is 1. The Bertz CT molecular complexity index is 5230. The van der Waals surface area contributed by atoms with Gasteiger partial charge in [0.2, 0.25) is 11.8 Å². The predicted molar refractivity (Wildman–Crippen MR) is 559 cm³/mol. The SMILES string of the molecule is C.C.CC(C)NC(=O)C(N)c1cccc2ccccc12.CC(C)NC(=O)C(NC(=O)OC(C)(C)C)c1cccc2ccccc12.CC(C)NC(=O)NC(CN)c1ccccc1.CC(C)NC(=O)NC(CNC(=O)OC(C)(C)C)c1ccccc1.CC(C)NC(=O)NCc1cccc(CO)c1.CC(C)NC(=O)NCc1cccc(COCc2ccccc2)c1.Cc1ccccc1CNC(=O)NC(C)C. The number of nitrogens with one attached hydrogen (secondary N) is 14. The fourth-order valence-electron chi connectivity index (χ4n) is 12.8. The van der Waals surface area contributed by atoms with Crippen LogP contribution >= 0.6 is 0 Å². The van der Waals surface area contributed by atoms with Gasteiger partial charge in [0.05, 0.1) is 31.9 Å². The predicted octanol–water partition coefficient (Wildman–Crippen LogP) is 19.1. The molecule has 0 saturated heterocycles. The van der Waals surface area contributed by atoms with Gasteiger partial charge in [-0.2, -0.15) is 0 Å². The summed E-state index contributed by atoms with van der Waals surface area (Å²) in [5, 5.41) is 52.1. The number of urea groups is 5. The van der Waals surface area contributed by atoms with Crippen molar-refractivity contribution in [2.24, 2.45) is 11.5 Å². The van der Waals surface area contributed by atoms with Crippen molar-refractivity contribution in [2.75, 3.05) is 13.1 Å². The quantitative estimate of drug-likeness (QED) is 0.0199. The molecule has 0 aliphatic heterocycles. The normalized spacial score (nSPS) is 11.5. The van der Waals surface area contributed by atoms with Crippen molar-refractivity contribution in [3.8, 4) is 0 Å². The van der Waals surface area contributed by atoms with Gasteiger partial charge in [-0.15, -0.1) is 0 Å². The number of carbonyl (C=O) groups excluding carboxylic acids is 9. The fourth-order valence-corrected chi connectivity index (χ4v) is 12.8. The zero-order valence-corrected chi connectivity index (χ0v) is 83.2. The maximum atomic E-state index is 12.7. The van der Waals surface area contributed by atoms with E-state index in [9.17, 15) is 43.2 Å². The smallest absolute Gasteiger partial charge is 0.408 e. The summed E-state index contributed by atoms with van der Waals surface area (Å²) in [6.45, 7) is 42.9. The van der Waals surface area contributed by atoms with Gasteiger partial charge in [0.15, 0.2) is 0 Å². The Morgan fingerprint density at radius 2 is 0.688 bits per heavy atom. The molecular formula is C109H158N16O13. The molecule has 29 nitrogen and oxygen atoms in total. The van der Waals surface area contributed by atoms with Crippen LogP contribution in [0.5, 0.6) is 0 Å². The summed E-state index contributed by atoms with van der Waals surface area (Å²) < 4.78 is 16.3. The van der Waals surface area contributed by atoms with Gasteiger partial charge in [-0.25, -0.2) is 33.6 Å². The molecule has 0 heterocycles. The van der Waals surface area contributed by atoms with Gasteiger partial charge in [-0.05, 0) is 228 Å². The lowest BCUT2D eigenvalue weighted by atomic mass is 9.98. The molecule has 752 valence electrons. The summed E-state index contributed by atoms with van der Waals surface area (Å²) in [4.78, 5) is 106. The zero-order valence-electron chi connectivity index (χ0n) is 83.2. The minimum Gasteiger partial charge on any atom is -0.444 e. The van der Waals surface area contributed by atoms with Gasteiger partial charge >= 0.3 is 42.3 Å². The van der Waals surface area contributed by atoms with Gasteiger partial charge in [0.25, 0.3) is 0 Å². The van der Waals surface area contributed by atoms with Crippen molar-refractivity contribution in [1.29, 1.82) is 0 Å². The number of alkyl carbamates (subject to hydrolysis) is 2. The molecular weight excluding hydrogens is 1740 g/mol. The highest BCUT2D eigenvalue weighted by molar-refractivity contribution is 5.95. The van der Waals surface area contributed by atoms with Crippen LogP contribution in [0.4, 0.5) is 33.6 Å². The van der Waals surface area contributed by atoms with E-state index in [1.807, 2.05) is 347 Å². The molecule has 138 heavy (non-hydrogen) atoms. The third-order valence-electron chi connectivity index (χ3n) is 18.7. The van der Waals surface area contributed by atoms with Crippen molar-refractivity contribution >= 4 is 75.7 Å². The molecule has 0 radical (unpaired) electrons. The molecule has 0 bridgehead atoms. The van der Waals surface area contributed by atoms with Crippen molar-refractivity contribution in [3.63, 3.8) is 0 Å². The number of amides is 14. The minimum absolute atomic E-state index is 0. The number of aliphatic hydroxyl groups is 1. The lowest BCUT2D eigenvalue weighted by Gasteiger charge is -2.25. The molecule has 29 heteroatoms. The molecule has 10 aromatic carbocycles. The van der Waals surface area contributed by atoms with Crippen LogP contribution in [0, 0.1) is 6.92 Å². The number of ether oxygens (including phenoxy) is 3. The summed E-state index contributed by atoms with van der Waals surface area (Å²) in [5.74, 6) is -0.404. The number of carbonyl (C=O) groups is 9. The zero-order chi connectivity index (χ0) is 101.